The lowest BCUT2D eigenvalue weighted by molar-refractivity contribution is -0.385. The zero-order valence-corrected chi connectivity index (χ0v) is 32.6. The van der Waals surface area contributed by atoms with E-state index in [0.29, 0.717) is 17.1 Å². The molecule has 0 spiro atoms. The lowest BCUT2D eigenvalue weighted by atomic mass is 9.95. The SMILES string of the molecule is CC(C)(C)OC(=O)NC(C)(C)C(=O)Cc1ccc(N)cn1.CC(C)(C)OC(=O)NC(C)(C)C(=O)Cc1ccc([N+](=O)[O-])cn1.O=[N+]([O-])c1ccc(Cl)nc1. The number of carbonyl (C=O) groups is 4. The maximum atomic E-state index is 12.3. The van der Waals surface area contributed by atoms with Crippen LogP contribution in [-0.2, 0) is 31.9 Å². The van der Waals surface area contributed by atoms with E-state index in [1.165, 1.54) is 30.5 Å². The second-order valence-corrected chi connectivity index (χ2v) is 15.0. The minimum absolute atomic E-state index is 0.0515. The van der Waals surface area contributed by atoms with E-state index in [1.807, 2.05) is 0 Å². The zero-order chi connectivity index (χ0) is 41.7. The number of anilines is 1. The van der Waals surface area contributed by atoms with Gasteiger partial charge in [-0.2, -0.15) is 0 Å². The van der Waals surface area contributed by atoms with E-state index in [4.69, 9.17) is 26.8 Å². The number of halogens is 1. The van der Waals surface area contributed by atoms with Gasteiger partial charge in [-0.3, -0.25) is 39.8 Å². The fourth-order valence-electron chi connectivity index (χ4n) is 3.67. The molecule has 54 heavy (non-hydrogen) atoms. The number of hydrogen-bond acceptors (Lipinski definition) is 14. The van der Waals surface area contributed by atoms with Gasteiger partial charge in [0, 0.05) is 23.5 Å². The topological polar surface area (TPSA) is 262 Å². The van der Waals surface area contributed by atoms with E-state index in [9.17, 15) is 39.4 Å². The van der Waals surface area contributed by atoms with Crippen LogP contribution in [0.1, 0.15) is 80.6 Å². The Kier molecular flexibility index (Phi) is 16.6. The molecule has 0 atom stereocenters. The predicted molar refractivity (Wildman–Crippen MR) is 200 cm³/mol. The Morgan fingerprint density at radius 1 is 0.648 bits per heavy atom. The molecule has 19 heteroatoms. The number of carbonyl (C=O) groups excluding carboxylic acids is 4. The number of ketones is 2. The predicted octanol–water partition coefficient (Wildman–Crippen LogP) is 6.13. The van der Waals surface area contributed by atoms with Gasteiger partial charge in [0.25, 0.3) is 11.4 Å². The third kappa shape index (κ3) is 18.1. The number of nitrogens with one attached hydrogen (secondary N) is 2. The van der Waals surface area contributed by atoms with Crippen LogP contribution in [0.25, 0.3) is 0 Å². The van der Waals surface area contributed by atoms with Crippen LogP contribution in [0, 0.1) is 20.2 Å². The summed E-state index contributed by atoms with van der Waals surface area (Å²) in [5.74, 6) is -0.449. The minimum Gasteiger partial charge on any atom is -0.444 e. The molecule has 0 aromatic carbocycles. The van der Waals surface area contributed by atoms with Gasteiger partial charge < -0.3 is 25.8 Å². The Hall–Kier alpha value is -5.78. The maximum Gasteiger partial charge on any atom is 0.408 e. The molecule has 18 nitrogen and oxygen atoms in total. The number of alkyl carbamates (subject to hydrolysis) is 2. The number of nitrogens with two attached hydrogens (primary N) is 1. The van der Waals surface area contributed by atoms with Crippen molar-refractivity contribution in [2.24, 2.45) is 0 Å². The van der Waals surface area contributed by atoms with Crippen LogP contribution in [0.5, 0.6) is 0 Å². The summed E-state index contributed by atoms with van der Waals surface area (Å²) >= 11 is 5.38. The van der Waals surface area contributed by atoms with Crippen LogP contribution in [0.15, 0.2) is 55.0 Å². The first-order valence-corrected chi connectivity index (χ1v) is 16.6. The molecular weight excluding hydrogens is 728 g/mol. The van der Waals surface area contributed by atoms with Gasteiger partial charge in [-0.25, -0.2) is 14.6 Å². The summed E-state index contributed by atoms with van der Waals surface area (Å²) in [5.41, 5.74) is 3.43. The lowest BCUT2D eigenvalue weighted by Gasteiger charge is -2.27. The van der Waals surface area contributed by atoms with Crippen molar-refractivity contribution in [2.75, 3.05) is 5.73 Å². The van der Waals surface area contributed by atoms with Crippen LogP contribution < -0.4 is 16.4 Å². The van der Waals surface area contributed by atoms with Crippen molar-refractivity contribution < 1.29 is 38.5 Å². The van der Waals surface area contributed by atoms with Gasteiger partial charge in [-0.15, -0.1) is 0 Å². The van der Waals surface area contributed by atoms with Crippen molar-refractivity contribution in [3.05, 3.63) is 91.8 Å². The highest BCUT2D eigenvalue weighted by atomic mass is 35.5. The van der Waals surface area contributed by atoms with Gasteiger partial charge in [-0.05, 0) is 93.5 Å². The lowest BCUT2D eigenvalue weighted by Crippen LogP contribution is -2.51. The fourth-order valence-corrected chi connectivity index (χ4v) is 3.79. The second-order valence-electron chi connectivity index (χ2n) is 14.6. The summed E-state index contributed by atoms with van der Waals surface area (Å²) in [5, 5.41) is 26.0. The van der Waals surface area contributed by atoms with Crippen molar-refractivity contribution in [1.29, 1.82) is 0 Å². The zero-order valence-electron chi connectivity index (χ0n) is 31.9. The first kappa shape index (κ1) is 46.2. The van der Waals surface area contributed by atoms with Crippen molar-refractivity contribution >= 4 is 52.4 Å². The van der Waals surface area contributed by atoms with E-state index in [2.05, 4.69) is 25.6 Å². The van der Waals surface area contributed by atoms with Crippen LogP contribution in [0.2, 0.25) is 5.15 Å². The van der Waals surface area contributed by atoms with E-state index in [1.54, 1.807) is 81.4 Å². The molecule has 0 fully saturated rings. The number of Topliss-reactive ketones (excluding diaryl/α,β-unsaturated/α-hetero) is 2. The average molecular weight is 775 g/mol. The molecule has 0 aliphatic carbocycles. The highest BCUT2D eigenvalue weighted by molar-refractivity contribution is 6.29. The number of pyridine rings is 3. The van der Waals surface area contributed by atoms with Gasteiger partial charge in [0.2, 0.25) is 0 Å². The van der Waals surface area contributed by atoms with Crippen LogP contribution in [0.3, 0.4) is 0 Å². The Morgan fingerprint density at radius 3 is 1.31 bits per heavy atom. The van der Waals surface area contributed by atoms with E-state index in [0.717, 1.165) is 12.4 Å². The molecular formula is C35H47ClN8O10. The van der Waals surface area contributed by atoms with Crippen molar-refractivity contribution in [3.8, 4) is 0 Å². The highest BCUT2D eigenvalue weighted by Gasteiger charge is 2.32. The Morgan fingerprint density at radius 2 is 1.02 bits per heavy atom. The van der Waals surface area contributed by atoms with Gasteiger partial charge in [0.1, 0.15) is 28.7 Å². The van der Waals surface area contributed by atoms with Gasteiger partial charge in [-0.1, -0.05) is 11.6 Å². The summed E-state index contributed by atoms with van der Waals surface area (Å²) < 4.78 is 10.3. The first-order valence-electron chi connectivity index (χ1n) is 16.2. The summed E-state index contributed by atoms with van der Waals surface area (Å²) in [6, 6.07) is 8.75. The van der Waals surface area contributed by atoms with E-state index in [-0.39, 0.29) is 40.9 Å². The minimum atomic E-state index is -1.15. The molecule has 0 unspecified atom stereocenters. The largest absolute Gasteiger partial charge is 0.444 e. The molecule has 0 aliphatic rings. The Bertz CT molecular complexity index is 1770. The summed E-state index contributed by atoms with van der Waals surface area (Å²) in [6.07, 6.45) is 2.46. The maximum absolute atomic E-state index is 12.3. The normalized spacial score (nSPS) is 11.3. The number of rotatable bonds is 10. The molecule has 3 rings (SSSR count). The third-order valence-electron chi connectivity index (χ3n) is 6.49. The number of nitrogens with zero attached hydrogens (tertiary/aromatic N) is 5. The molecule has 2 amide bonds. The quantitative estimate of drug-likeness (QED) is 0.119. The van der Waals surface area contributed by atoms with E-state index < -0.39 is 44.3 Å². The van der Waals surface area contributed by atoms with Gasteiger partial charge in [0.05, 0.1) is 45.7 Å². The summed E-state index contributed by atoms with van der Waals surface area (Å²) in [7, 11) is 0. The highest BCUT2D eigenvalue weighted by Crippen LogP contribution is 2.16. The molecule has 0 radical (unpaired) electrons. The molecule has 3 aromatic heterocycles. The molecule has 4 N–H and O–H groups in total. The smallest absolute Gasteiger partial charge is 0.408 e. The van der Waals surface area contributed by atoms with Crippen molar-refractivity contribution in [1.82, 2.24) is 25.6 Å². The number of amides is 2. The molecule has 3 aromatic rings. The standard InChI is InChI=1S/C15H21N3O5.C15H23N3O3.C5H3ClN2O2/c1-14(2,3)23-13(20)17-15(4,5)12(19)8-10-6-7-11(9-16-10)18(21)22;1-14(2,3)21-13(20)18-15(4,5)12(19)8-11-7-6-10(16)9-17-11;6-5-2-1-4(3-7-5)8(9)10/h6-7,9H,8H2,1-5H3,(H,17,20);6-7,9H,8,16H2,1-5H3,(H,18,20);1-3H. The second kappa shape index (κ2) is 19.3. The number of ether oxygens (including phenoxy) is 2. The van der Waals surface area contributed by atoms with Gasteiger partial charge >= 0.3 is 12.2 Å². The fraction of sp³-hybridized carbons (Fsp3) is 0.457. The monoisotopic (exact) mass is 774 g/mol. The molecule has 0 saturated heterocycles. The van der Waals surface area contributed by atoms with Crippen molar-refractivity contribution in [2.45, 2.75) is 104 Å². The van der Waals surface area contributed by atoms with Gasteiger partial charge in [0.15, 0.2) is 11.6 Å². The van der Waals surface area contributed by atoms with Crippen molar-refractivity contribution in [3.63, 3.8) is 0 Å². The number of aromatic nitrogens is 3. The number of nitrogen functional groups attached to an aromatic ring is 1. The average Bonchev–Trinajstić information content (AvgIpc) is 3.00. The van der Waals surface area contributed by atoms with Crippen LogP contribution in [0.4, 0.5) is 26.7 Å². The van der Waals surface area contributed by atoms with Crippen LogP contribution in [-0.4, -0.2) is 70.8 Å². The molecule has 294 valence electrons. The Balaban J connectivity index is 0.000000434. The van der Waals surface area contributed by atoms with Crippen LogP contribution >= 0.6 is 11.6 Å². The summed E-state index contributed by atoms with van der Waals surface area (Å²) in [6.45, 7) is 16.9. The molecule has 0 bridgehead atoms. The van der Waals surface area contributed by atoms with E-state index >= 15 is 0 Å². The Labute approximate surface area is 317 Å². The molecule has 0 saturated carbocycles. The number of hydrogen-bond donors (Lipinski definition) is 3. The summed E-state index contributed by atoms with van der Waals surface area (Å²) in [4.78, 5) is 79.1. The molecule has 0 aliphatic heterocycles. The third-order valence-corrected chi connectivity index (χ3v) is 6.72. The first-order chi connectivity index (χ1) is 24.6. The number of nitro groups is 2. The molecule has 3 heterocycles.